The third-order valence-electron chi connectivity index (χ3n) is 4.66. The van der Waals surface area contributed by atoms with Crippen LogP contribution in [0.2, 0.25) is 0 Å². The van der Waals surface area contributed by atoms with E-state index >= 15 is 0 Å². The Morgan fingerprint density at radius 1 is 0.697 bits per heavy atom. The minimum atomic E-state index is -0.247. The first-order valence-corrected chi connectivity index (χ1v) is 14.5. The Morgan fingerprint density at radius 3 is 1.58 bits per heavy atom. The van der Waals surface area contributed by atoms with Crippen molar-refractivity contribution < 1.29 is 9.59 Å². The lowest BCUT2D eigenvalue weighted by molar-refractivity contribution is 0.102. The number of carbonyl (C=O) groups is 2. The number of hydrogen-bond acceptors (Lipinski definition) is 9. The molecule has 0 unspecified atom stereocenters. The van der Waals surface area contributed by atoms with E-state index in [0.29, 0.717) is 21.1 Å². The van der Waals surface area contributed by atoms with Crippen molar-refractivity contribution >= 4 is 101 Å². The van der Waals surface area contributed by atoms with Gasteiger partial charge < -0.3 is 10.6 Å². The molecule has 3 aromatic heterocycles. The lowest BCUT2D eigenvalue weighted by atomic mass is 10.3. The average molecular weight is 529 g/mol. The molecule has 0 bridgehead atoms. The number of thiazole rings is 2. The number of anilines is 2. The number of rotatable bonds is 6. The number of benzene rings is 2. The van der Waals surface area contributed by atoms with Crippen LogP contribution in [0.5, 0.6) is 0 Å². The third kappa shape index (κ3) is 4.78. The van der Waals surface area contributed by atoms with E-state index in [9.17, 15) is 9.59 Å². The number of aromatic nitrogens is 2. The zero-order valence-electron chi connectivity index (χ0n) is 17.4. The monoisotopic (exact) mass is 528 g/mol. The fraction of sp³-hybridized carbons (Fsp3) is 0.0909. The quantitative estimate of drug-likeness (QED) is 0.233. The molecule has 5 aromatic rings. The predicted octanol–water partition coefficient (Wildman–Crippen LogP) is 6.92. The molecule has 2 amide bonds. The van der Waals surface area contributed by atoms with Crippen molar-refractivity contribution in [2.24, 2.45) is 0 Å². The van der Waals surface area contributed by atoms with Gasteiger partial charge in [0.15, 0.2) is 8.68 Å². The van der Waals surface area contributed by atoms with Crippen LogP contribution in [0.15, 0.2) is 57.2 Å². The van der Waals surface area contributed by atoms with Crippen molar-refractivity contribution in [3.05, 3.63) is 58.3 Å². The first kappa shape index (κ1) is 22.4. The van der Waals surface area contributed by atoms with E-state index in [1.807, 2.05) is 48.9 Å². The van der Waals surface area contributed by atoms with Gasteiger partial charge in [-0.05, 0) is 61.0 Å². The summed E-state index contributed by atoms with van der Waals surface area (Å²) < 4.78 is 4.01. The Labute approximate surface area is 209 Å². The number of nitrogens with zero attached hydrogens (tertiary/aromatic N) is 2. The standard InChI is InChI=1S/C22H16N4O2S5/c1-29-21-25-13-5-3-11(9-17(13)32-21)23-19(27)15-7-8-16(31-15)20(28)24-12-4-6-14-18(10-12)33-22(26-14)30-2/h3-10H,1-2H3,(H,23,27)(H,24,28). The number of hydrogen-bond donors (Lipinski definition) is 2. The van der Waals surface area contributed by atoms with E-state index in [1.165, 1.54) is 0 Å². The maximum Gasteiger partial charge on any atom is 0.265 e. The molecule has 3 heterocycles. The summed E-state index contributed by atoms with van der Waals surface area (Å²) in [6.45, 7) is 0. The molecule has 0 aliphatic carbocycles. The van der Waals surface area contributed by atoms with Gasteiger partial charge in [0.2, 0.25) is 0 Å². The van der Waals surface area contributed by atoms with Crippen LogP contribution in [0.25, 0.3) is 20.4 Å². The summed E-state index contributed by atoms with van der Waals surface area (Å²) in [5.74, 6) is -0.493. The van der Waals surface area contributed by atoms with Crippen LogP contribution in [0.3, 0.4) is 0 Å². The molecular weight excluding hydrogens is 513 g/mol. The van der Waals surface area contributed by atoms with Gasteiger partial charge in [-0.3, -0.25) is 9.59 Å². The summed E-state index contributed by atoms with van der Waals surface area (Å²) in [7, 11) is 0. The normalized spacial score (nSPS) is 11.2. The highest BCUT2D eigenvalue weighted by atomic mass is 32.2. The number of amides is 2. The second-order valence-electron chi connectivity index (χ2n) is 6.80. The van der Waals surface area contributed by atoms with Crippen molar-refractivity contribution in [2.75, 3.05) is 23.1 Å². The summed E-state index contributed by atoms with van der Waals surface area (Å²) in [5.41, 5.74) is 3.23. The summed E-state index contributed by atoms with van der Waals surface area (Å²) in [5, 5.41) is 5.82. The van der Waals surface area contributed by atoms with Crippen LogP contribution >= 0.6 is 57.5 Å². The molecule has 0 saturated carbocycles. The summed E-state index contributed by atoms with van der Waals surface area (Å²) in [4.78, 5) is 35.4. The van der Waals surface area contributed by atoms with Crippen LogP contribution < -0.4 is 10.6 Å². The molecule has 6 nitrogen and oxygen atoms in total. The first-order chi connectivity index (χ1) is 16.0. The van der Waals surface area contributed by atoms with Crippen molar-refractivity contribution in [1.29, 1.82) is 0 Å². The topological polar surface area (TPSA) is 84.0 Å². The van der Waals surface area contributed by atoms with Gasteiger partial charge in [0.1, 0.15) is 0 Å². The molecule has 0 atom stereocenters. The highest BCUT2D eigenvalue weighted by Crippen LogP contribution is 2.31. The van der Waals surface area contributed by atoms with E-state index in [2.05, 4.69) is 20.6 Å². The molecule has 2 N–H and O–H groups in total. The minimum absolute atomic E-state index is 0.247. The van der Waals surface area contributed by atoms with Crippen molar-refractivity contribution in [1.82, 2.24) is 9.97 Å². The third-order valence-corrected chi connectivity index (χ3v) is 9.75. The van der Waals surface area contributed by atoms with Gasteiger partial charge in [0.25, 0.3) is 11.8 Å². The second kappa shape index (κ2) is 9.43. The molecule has 0 spiro atoms. The molecule has 0 fully saturated rings. The maximum absolute atomic E-state index is 12.7. The van der Waals surface area contributed by atoms with Gasteiger partial charge in [-0.25, -0.2) is 9.97 Å². The molecule has 33 heavy (non-hydrogen) atoms. The number of carbonyl (C=O) groups excluding carboxylic acids is 2. The zero-order valence-corrected chi connectivity index (χ0v) is 21.5. The van der Waals surface area contributed by atoms with Gasteiger partial charge in [-0.1, -0.05) is 23.5 Å². The highest BCUT2D eigenvalue weighted by Gasteiger charge is 2.15. The molecule has 0 aliphatic heterocycles. The van der Waals surface area contributed by atoms with Gasteiger partial charge in [-0.2, -0.15) is 0 Å². The number of thioether (sulfide) groups is 2. The van der Waals surface area contributed by atoms with Crippen LogP contribution in [0, 0.1) is 0 Å². The molecule has 0 saturated heterocycles. The molecular formula is C22H16N4O2S5. The van der Waals surface area contributed by atoms with E-state index < -0.39 is 0 Å². The average Bonchev–Trinajstić information content (AvgIpc) is 3.55. The summed E-state index contributed by atoms with van der Waals surface area (Å²) in [6.07, 6.45) is 3.98. The molecule has 0 radical (unpaired) electrons. The van der Waals surface area contributed by atoms with Gasteiger partial charge in [0.05, 0.1) is 30.2 Å². The van der Waals surface area contributed by atoms with Crippen LogP contribution in [-0.4, -0.2) is 34.3 Å². The number of fused-ring (bicyclic) bond motifs is 2. The number of nitrogens with one attached hydrogen (secondary N) is 2. The Hall–Kier alpha value is -2.44. The van der Waals surface area contributed by atoms with E-state index in [4.69, 9.17) is 0 Å². The first-order valence-electron chi connectivity index (χ1n) is 9.64. The van der Waals surface area contributed by atoms with Crippen LogP contribution in [0.1, 0.15) is 19.3 Å². The van der Waals surface area contributed by atoms with Crippen molar-refractivity contribution in [3.8, 4) is 0 Å². The maximum atomic E-state index is 12.7. The molecule has 166 valence electrons. The van der Waals surface area contributed by atoms with Gasteiger partial charge in [-0.15, -0.1) is 34.0 Å². The van der Waals surface area contributed by atoms with Gasteiger partial charge in [0, 0.05) is 11.4 Å². The fourth-order valence-electron chi connectivity index (χ4n) is 3.10. The Bertz CT molecular complexity index is 1390. The Balaban J connectivity index is 1.28. The Kier molecular flexibility index (Phi) is 6.39. The van der Waals surface area contributed by atoms with Crippen LogP contribution in [-0.2, 0) is 0 Å². The second-order valence-corrected chi connectivity index (χ2v) is 12.1. The highest BCUT2D eigenvalue weighted by molar-refractivity contribution is 8.00. The van der Waals surface area contributed by atoms with Gasteiger partial charge >= 0.3 is 0 Å². The summed E-state index contributed by atoms with van der Waals surface area (Å²) in [6, 6.07) is 14.7. The van der Waals surface area contributed by atoms with E-state index in [0.717, 1.165) is 40.4 Å². The SMILES string of the molecule is CSc1nc2ccc(NC(=O)c3ccc(C(=O)Nc4ccc5nc(SC)sc5c4)s3)cc2s1. The predicted molar refractivity (Wildman–Crippen MR) is 143 cm³/mol. The van der Waals surface area contributed by atoms with Crippen molar-refractivity contribution in [3.63, 3.8) is 0 Å². The van der Waals surface area contributed by atoms with E-state index in [-0.39, 0.29) is 11.8 Å². The zero-order chi connectivity index (χ0) is 22.9. The molecule has 0 aliphatic rings. The van der Waals surface area contributed by atoms with Crippen LogP contribution in [0.4, 0.5) is 11.4 Å². The fourth-order valence-corrected chi connectivity index (χ4v) is 6.96. The minimum Gasteiger partial charge on any atom is -0.321 e. The molecule has 5 rings (SSSR count). The smallest absolute Gasteiger partial charge is 0.265 e. The lowest BCUT2D eigenvalue weighted by Gasteiger charge is -2.04. The Morgan fingerprint density at radius 2 is 1.15 bits per heavy atom. The molecule has 2 aromatic carbocycles. The van der Waals surface area contributed by atoms with Crippen molar-refractivity contribution in [2.45, 2.75) is 8.68 Å². The summed E-state index contributed by atoms with van der Waals surface area (Å²) >= 11 is 7.54. The lowest BCUT2D eigenvalue weighted by Crippen LogP contribution is -2.11. The largest absolute Gasteiger partial charge is 0.321 e. The molecule has 11 heteroatoms. The number of thiophene rings is 1. The van der Waals surface area contributed by atoms with E-state index in [1.54, 1.807) is 58.3 Å².